The Morgan fingerprint density at radius 3 is 2.50 bits per heavy atom. The van der Waals surface area contributed by atoms with E-state index in [2.05, 4.69) is 10.9 Å². The summed E-state index contributed by atoms with van der Waals surface area (Å²) >= 11 is 0. The molecule has 2 aromatic rings. The van der Waals surface area contributed by atoms with Gasteiger partial charge in [0.2, 0.25) is 0 Å². The third kappa shape index (κ3) is 4.64. The van der Waals surface area contributed by atoms with Crippen LogP contribution < -0.4 is 15.6 Å². The standard InChI is InChI=1S/C17H15FN2O4/c1-11(21)12-5-4-6-13(9-12)24-10-16(22)19-20-17(23)14-7-2-3-8-15(14)18/h2-9H,10H2,1H3,(H,19,22)(H,20,23). The van der Waals surface area contributed by atoms with Crippen molar-refractivity contribution in [3.05, 3.63) is 65.5 Å². The van der Waals surface area contributed by atoms with Crippen molar-refractivity contribution in [2.24, 2.45) is 0 Å². The summed E-state index contributed by atoms with van der Waals surface area (Å²) in [5.41, 5.74) is 4.48. The first-order chi connectivity index (χ1) is 11.5. The third-order valence-electron chi connectivity index (χ3n) is 3.04. The van der Waals surface area contributed by atoms with E-state index in [9.17, 15) is 18.8 Å². The Bertz CT molecular complexity index is 777. The zero-order valence-corrected chi connectivity index (χ0v) is 12.8. The van der Waals surface area contributed by atoms with Crippen LogP contribution in [0.2, 0.25) is 0 Å². The van der Waals surface area contributed by atoms with E-state index in [0.717, 1.165) is 6.07 Å². The molecule has 0 aliphatic rings. The number of ketones is 1. The molecule has 0 radical (unpaired) electrons. The molecule has 0 saturated heterocycles. The van der Waals surface area contributed by atoms with Crippen LogP contribution in [0.3, 0.4) is 0 Å². The highest BCUT2D eigenvalue weighted by Crippen LogP contribution is 2.13. The number of hydrazine groups is 1. The molecule has 0 saturated carbocycles. The Balaban J connectivity index is 1.84. The summed E-state index contributed by atoms with van der Waals surface area (Å²) in [6.45, 7) is 1.04. The van der Waals surface area contributed by atoms with E-state index >= 15 is 0 Å². The summed E-state index contributed by atoms with van der Waals surface area (Å²) in [6.07, 6.45) is 0. The van der Waals surface area contributed by atoms with Gasteiger partial charge in [-0.15, -0.1) is 0 Å². The highest BCUT2D eigenvalue weighted by molar-refractivity contribution is 5.96. The number of amides is 2. The minimum atomic E-state index is -0.778. The lowest BCUT2D eigenvalue weighted by atomic mass is 10.1. The maximum atomic E-state index is 13.4. The number of benzene rings is 2. The Hall–Kier alpha value is -3.22. The van der Waals surface area contributed by atoms with Crippen LogP contribution >= 0.6 is 0 Å². The molecule has 0 aliphatic heterocycles. The molecule has 2 rings (SSSR count). The highest BCUT2D eigenvalue weighted by atomic mass is 19.1. The topological polar surface area (TPSA) is 84.5 Å². The fraction of sp³-hybridized carbons (Fsp3) is 0.118. The minimum Gasteiger partial charge on any atom is -0.484 e. The van der Waals surface area contributed by atoms with Crippen molar-refractivity contribution in [2.45, 2.75) is 6.92 Å². The van der Waals surface area contributed by atoms with Gasteiger partial charge < -0.3 is 4.74 Å². The molecule has 0 aromatic heterocycles. The van der Waals surface area contributed by atoms with Crippen LogP contribution in [0.5, 0.6) is 5.75 Å². The zero-order valence-electron chi connectivity index (χ0n) is 12.8. The summed E-state index contributed by atoms with van der Waals surface area (Å²) in [5, 5.41) is 0. The van der Waals surface area contributed by atoms with Crippen LogP contribution in [0.4, 0.5) is 4.39 Å². The normalized spacial score (nSPS) is 9.92. The first-order valence-corrected chi connectivity index (χ1v) is 7.05. The second-order valence-electron chi connectivity index (χ2n) is 4.85. The summed E-state index contributed by atoms with van der Waals surface area (Å²) in [4.78, 5) is 34.6. The van der Waals surface area contributed by atoms with E-state index in [1.807, 2.05) is 0 Å². The Kier molecular flexibility index (Phi) is 5.62. The number of rotatable bonds is 5. The molecule has 0 aliphatic carbocycles. The van der Waals surface area contributed by atoms with Gasteiger partial charge in [-0.05, 0) is 31.2 Å². The van der Waals surface area contributed by atoms with Crippen molar-refractivity contribution in [2.75, 3.05) is 6.61 Å². The maximum absolute atomic E-state index is 13.4. The van der Waals surface area contributed by atoms with Crippen molar-refractivity contribution in [1.82, 2.24) is 10.9 Å². The van der Waals surface area contributed by atoms with Gasteiger partial charge in [0.15, 0.2) is 12.4 Å². The predicted octanol–water partition coefficient (Wildman–Crippen LogP) is 1.87. The summed E-state index contributed by atoms with van der Waals surface area (Å²) in [6, 6.07) is 11.8. The molecule has 2 amide bonds. The number of halogens is 1. The molecule has 0 fully saturated rings. The number of hydrogen-bond acceptors (Lipinski definition) is 4. The van der Waals surface area contributed by atoms with Crippen molar-refractivity contribution in [1.29, 1.82) is 0 Å². The molecule has 6 nitrogen and oxygen atoms in total. The average molecular weight is 330 g/mol. The van der Waals surface area contributed by atoms with E-state index in [-0.39, 0.29) is 18.0 Å². The Labute approximate surface area is 137 Å². The molecule has 2 N–H and O–H groups in total. The lowest BCUT2D eigenvalue weighted by Gasteiger charge is -2.09. The van der Waals surface area contributed by atoms with Crippen LogP contribution in [-0.2, 0) is 4.79 Å². The highest BCUT2D eigenvalue weighted by Gasteiger charge is 2.12. The SMILES string of the molecule is CC(=O)c1cccc(OCC(=O)NNC(=O)c2ccccc2F)c1. The van der Waals surface area contributed by atoms with Gasteiger partial charge in [0.25, 0.3) is 11.8 Å². The fourth-order valence-corrected chi connectivity index (χ4v) is 1.83. The van der Waals surface area contributed by atoms with Crippen molar-refractivity contribution in [3.8, 4) is 5.75 Å². The predicted molar refractivity (Wildman–Crippen MR) is 84.0 cm³/mol. The maximum Gasteiger partial charge on any atom is 0.276 e. The molecule has 0 spiro atoms. The molecular weight excluding hydrogens is 315 g/mol. The Morgan fingerprint density at radius 1 is 1.04 bits per heavy atom. The number of hydrogen-bond donors (Lipinski definition) is 2. The lowest BCUT2D eigenvalue weighted by molar-refractivity contribution is -0.123. The van der Waals surface area contributed by atoms with E-state index in [4.69, 9.17) is 4.74 Å². The number of Topliss-reactive ketones (excluding diaryl/α,β-unsaturated/α-hetero) is 1. The van der Waals surface area contributed by atoms with Crippen molar-refractivity contribution in [3.63, 3.8) is 0 Å². The molecule has 0 bridgehead atoms. The van der Waals surface area contributed by atoms with Crippen LogP contribution in [-0.4, -0.2) is 24.2 Å². The van der Waals surface area contributed by atoms with Gasteiger partial charge in [0.05, 0.1) is 5.56 Å². The van der Waals surface area contributed by atoms with E-state index in [1.54, 1.807) is 18.2 Å². The van der Waals surface area contributed by atoms with Gasteiger partial charge in [-0.2, -0.15) is 0 Å². The first-order valence-electron chi connectivity index (χ1n) is 7.05. The molecule has 0 unspecified atom stereocenters. The van der Waals surface area contributed by atoms with Crippen LogP contribution in [0.15, 0.2) is 48.5 Å². The fourth-order valence-electron chi connectivity index (χ4n) is 1.83. The minimum absolute atomic E-state index is 0.123. The van der Waals surface area contributed by atoms with Crippen LogP contribution in [0.25, 0.3) is 0 Å². The van der Waals surface area contributed by atoms with Gasteiger partial charge >= 0.3 is 0 Å². The summed E-state index contributed by atoms with van der Waals surface area (Å²) in [7, 11) is 0. The van der Waals surface area contributed by atoms with Gasteiger partial charge in [-0.1, -0.05) is 24.3 Å². The van der Waals surface area contributed by atoms with E-state index in [1.165, 1.54) is 31.2 Å². The number of carbonyl (C=O) groups excluding carboxylic acids is 3. The van der Waals surface area contributed by atoms with E-state index in [0.29, 0.717) is 11.3 Å². The quantitative estimate of drug-likeness (QED) is 0.647. The summed E-state index contributed by atoms with van der Waals surface area (Å²) < 4.78 is 18.6. The van der Waals surface area contributed by atoms with Gasteiger partial charge in [-0.3, -0.25) is 25.2 Å². The van der Waals surface area contributed by atoms with Gasteiger partial charge in [-0.25, -0.2) is 4.39 Å². The van der Waals surface area contributed by atoms with Crippen LogP contribution in [0.1, 0.15) is 27.6 Å². The zero-order chi connectivity index (χ0) is 17.5. The Morgan fingerprint density at radius 2 is 1.79 bits per heavy atom. The molecule has 7 heteroatoms. The van der Waals surface area contributed by atoms with Crippen molar-refractivity contribution < 1.29 is 23.5 Å². The largest absolute Gasteiger partial charge is 0.484 e. The third-order valence-corrected chi connectivity index (χ3v) is 3.04. The number of carbonyl (C=O) groups is 3. The first kappa shape index (κ1) is 17.1. The average Bonchev–Trinajstić information content (AvgIpc) is 2.58. The van der Waals surface area contributed by atoms with Crippen LogP contribution in [0, 0.1) is 5.82 Å². The number of ether oxygens (including phenoxy) is 1. The monoisotopic (exact) mass is 330 g/mol. The molecule has 0 atom stereocenters. The lowest BCUT2D eigenvalue weighted by Crippen LogP contribution is -2.44. The molecular formula is C17H15FN2O4. The molecule has 124 valence electrons. The van der Waals surface area contributed by atoms with Crippen molar-refractivity contribution >= 4 is 17.6 Å². The molecule has 2 aromatic carbocycles. The smallest absolute Gasteiger partial charge is 0.276 e. The van der Waals surface area contributed by atoms with Gasteiger partial charge in [0.1, 0.15) is 11.6 Å². The second kappa shape index (κ2) is 7.87. The molecule has 0 heterocycles. The molecule has 24 heavy (non-hydrogen) atoms. The second-order valence-corrected chi connectivity index (χ2v) is 4.85. The number of nitrogens with one attached hydrogen (secondary N) is 2. The van der Waals surface area contributed by atoms with Gasteiger partial charge in [0, 0.05) is 5.56 Å². The van der Waals surface area contributed by atoms with E-state index < -0.39 is 17.6 Å². The summed E-state index contributed by atoms with van der Waals surface area (Å²) in [5.74, 6) is -1.88.